The molecule has 0 spiro atoms. The third kappa shape index (κ3) is 13.0. The molecule has 12 nitrogen and oxygen atoms in total. The summed E-state index contributed by atoms with van der Waals surface area (Å²) in [6.45, 7) is 4.28. The number of carbonyl (C=O) groups is 1. The molecule has 2 unspecified atom stereocenters. The van der Waals surface area contributed by atoms with E-state index < -0.39 is 41.8 Å². The minimum Gasteiger partial charge on any atom is -0.759 e. The van der Waals surface area contributed by atoms with E-state index in [0.29, 0.717) is 51.0 Å². The first-order valence-electron chi connectivity index (χ1n) is 20.9. The van der Waals surface area contributed by atoms with Crippen molar-refractivity contribution in [2.75, 3.05) is 18.4 Å². The Kier molecular flexibility index (Phi) is 16.5. The lowest BCUT2D eigenvalue weighted by atomic mass is 9.85. The summed E-state index contributed by atoms with van der Waals surface area (Å²) in [5, 5.41) is 43.8. The van der Waals surface area contributed by atoms with E-state index in [1.807, 2.05) is 60.8 Å². The number of aliphatic hydroxyl groups excluding tert-OH is 3. The number of nitrogens with one attached hydrogen (secondary N) is 2. The number of piperidine rings is 1. The number of hydrogen-bond acceptors (Lipinski definition) is 10. The van der Waals surface area contributed by atoms with Crippen LogP contribution in [0.2, 0.25) is 0 Å². The number of esters is 1. The van der Waals surface area contributed by atoms with Crippen LogP contribution in [0.25, 0.3) is 10.9 Å². The first kappa shape index (κ1) is 43.6. The number of hydrogen-bond donors (Lipinski definition) is 5. The van der Waals surface area contributed by atoms with E-state index in [1.165, 1.54) is 5.56 Å². The van der Waals surface area contributed by atoms with Crippen molar-refractivity contribution in [2.45, 2.75) is 121 Å². The van der Waals surface area contributed by atoms with E-state index in [1.54, 1.807) is 6.92 Å². The molecule has 2 aliphatic rings. The number of H-pyrrole nitrogens is 1. The molecular formula is C45H60N5O7S-. The van der Waals surface area contributed by atoms with Gasteiger partial charge in [-0.25, -0.2) is 0 Å². The van der Waals surface area contributed by atoms with Crippen LogP contribution in [0.15, 0.2) is 91.1 Å². The number of benzene rings is 3. The van der Waals surface area contributed by atoms with Gasteiger partial charge < -0.3 is 29.9 Å². The quantitative estimate of drug-likeness (QED) is 0.0209. The number of carbonyl (C=O) groups excluding carboxylic acids is 1. The molecular weight excluding hydrogens is 755 g/mol. The maximum atomic E-state index is 12.7. The van der Waals surface area contributed by atoms with Gasteiger partial charge in [-0.3, -0.25) is 19.0 Å². The first-order valence-corrected chi connectivity index (χ1v) is 21.9. The van der Waals surface area contributed by atoms with Crippen LogP contribution in [0, 0.1) is 11.8 Å². The lowest BCUT2D eigenvalue weighted by molar-refractivity contribution is -0.153. The Balaban J connectivity index is 0.897. The Morgan fingerprint density at radius 2 is 1.84 bits per heavy atom. The molecule has 6 rings (SSSR count). The molecule has 1 saturated heterocycles. The van der Waals surface area contributed by atoms with Crippen molar-refractivity contribution in [1.29, 1.82) is 0 Å². The third-order valence-corrected chi connectivity index (χ3v) is 12.6. The fraction of sp³-hybridized carbons (Fsp3) is 0.511. The second-order valence-corrected chi connectivity index (χ2v) is 17.0. The molecule has 2 fully saturated rings. The number of unbranched alkanes of at least 4 members (excludes halogenated alkanes) is 1. The Labute approximate surface area is 345 Å². The van der Waals surface area contributed by atoms with Crippen molar-refractivity contribution in [2.24, 2.45) is 11.8 Å². The van der Waals surface area contributed by atoms with Gasteiger partial charge in [-0.1, -0.05) is 66.7 Å². The van der Waals surface area contributed by atoms with Gasteiger partial charge in [-0.15, -0.1) is 0 Å². The molecule has 5 N–H and O–H groups in total. The predicted octanol–water partition coefficient (Wildman–Crippen LogP) is 6.37. The highest BCUT2D eigenvalue weighted by molar-refractivity contribution is 7.76. The van der Waals surface area contributed by atoms with Crippen LogP contribution in [-0.4, -0.2) is 93.1 Å². The van der Waals surface area contributed by atoms with Gasteiger partial charge in [0, 0.05) is 54.4 Å². The second-order valence-electron chi connectivity index (χ2n) is 16.1. The zero-order chi connectivity index (χ0) is 40.9. The number of rotatable bonds is 21. The summed E-state index contributed by atoms with van der Waals surface area (Å²) in [5.74, 6) is -0.643. The van der Waals surface area contributed by atoms with Crippen molar-refractivity contribution >= 4 is 33.8 Å². The van der Waals surface area contributed by atoms with E-state index >= 15 is 0 Å². The lowest BCUT2D eigenvalue weighted by Gasteiger charge is -2.34. The summed E-state index contributed by atoms with van der Waals surface area (Å²) in [6.07, 6.45) is 10.3. The maximum absolute atomic E-state index is 12.7. The molecule has 1 aliphatic heterocycles. The van der Waals surface area contributed by atoms with Gasteiger partial charge in [-0.05, 0) is 124 Å². The predicted molar refractivity (Wildman–Crippen MR) is 226 cm³/mol. The van der Waals surface area contributed by atoms with E-state index in [4.69, 9.17) is 4.74 Å². The zero-order valence-electron chi connectivity index (χ0n) is 33.5. The van der Waals surface area contributed by atoms with Crippen LogP contribution in [0.1, 0.15) is 87.8 Å². The number of aliphatic hydroxyl groups is 3. The minimum absolute atomic E-state index is 0.0805. The first-order chi connectivity index (χ1) is 28.1. The summed E-state index contributed by atoms with van der Waals surface area (Å²) < 4.78 is 31.3. The van der Waals surface area contributed by atoms with Crippen molar-refractivity contribution in [3.8, 4) is 0 Å². The maximum Gasteiger partial charge on any atom is 0.307 e. The molecule has 4 aromatic rings. The van der Waals surface area contributed by atoms with Gasteiger partial charge in [0.2, 0.25) is 0 Å². The van der Waals surface area contributed by atoms with Gasteiger partial charge in [0.25, 0.3) is 0 Å². The molecule has 1 saturated carbocycles. The molecule has 0 radical (unpaired) electrons. The van der Waals surface area contributed by atoms with Gasteiger partial charge in [0.05, 0.1) is 30.0 Å². The van der Waals surface area contributed by atoms with Crippen LogP contribution in [0.5, 0.6) is 0 Å². The number of aromatic nitrogens is 2. The highest BCUT2D eigenvalue weighted by Crippen LogP contribution is 2.38. The summed E-state index contributed by atoms with van der Waals surface area (Å²) in [7, 11) is 0. The molecule has 0 bridgehead atoms. The number of ether oxygens (including phenoxy) is 1. The molecule has 1 aromatic heterocycles. The fourth-order valence-corrected chi connectivity index (χ4v) is 9.15. The SMILES string of the molecule is CC(OC(=O)CCCC=CC[C@@H]1[C@@H](CC[C@@H](O)CCc2ccccc2)[C@H](O)C[C@H]1O)N(Cc1cccc(CN2CCC[C@H](Nc3ccc4[nH]ncc4c3)C2)c1)S(=O)[O-]. The van der Waals surface area contributed by atoms with E-state index in [2.05, 4.69) is 50.7 Å². The Morgan fingerprint density at radius 3 is 2.67 bits per heavy atom. The number of likely N-dealkylation sites (tertiary alicyclic amines) is 1. The molecule has 8 atom stereocenters. The molecule has 13 heteroatoms. The summed E-state index contributed by atoms with van der Waals surface area (Å²) in [4.78, 5) is 15.2. The highest BCUT2D eigenvalue weighted by Gasteiger charge is 2.40. The second kappa shape index (κ2) is 21.9. The summed E-state index contributed by atoms with van der Waals surface area (Å²) >= 11 is -2.61. The Bertz CT molecular complexity index is 1930. The minimum atomic E-state index is -2.61. The molecule has 58 heavy (non-hydrogen) atoms. The van der Waals surface area contributed by atoms with Crippen LogP contribution in [-0.2, 0) is 40.3 Å². The normalized spacial score (nSPS) is 23.0. The van der Waals surface area contributed by atoms with E-state index in [-0.39, 0.29) is 24.8 Å². The van der Waals surface area contributed by atoms with Crippen LogP contribution < -0.4 is 5.32 Å². The largest absolute Gasteiger partial charge is 0.759 e. The van der Waals surface area contributed by atoms with Gasteiger partial charge in [-0.2, -0.15) is 9.40 Å². The molecule has 1 aliphatic carbocycles. The van der Waals surface area contributed by atoms with E-state index in [9.17, 15) is 28.9 Å². The topological polar surface area (TPSA) is 174 Å². The van der Waals surface area contributed by atoms with Gasteiger partial charge >= 0.3 is 5.97 Å². The Morgan fingerprint density at radius 1 is 1.05 bits per heavy atom. The number of anilines is 1. The number of aromatic amines is 1. The number of fused-ring (bicyclic) bond motifs is 1. The van der Waals surface area contributed by atoms with Gasteiger partial charge in [0.15, 0.2) is 6.23 Å². The Hall–Kier alpha value is -3.95. The van der Waals surface area contributed by atoms with Crippen molar-refractivity contribution in [1.82, 2.24) is 19.4 Å². The van der Waals surface area contributed by atoms with Crippen LogP contribution >= 0.6 is 0 Å². The van der Waals surface area contributed by atoms with E-state index in [0.717, 1.165) is 70.9 Å². The van der Waals surface area contributed by atoms with Crippen LogP contribution in [0.4, 0.5) is 5.69 Å². The molecule has 3 aromatic carbocycles. The monoisotopic (exact) mass is 814 g/mol. The smallest absolute Gasteiger partial charge is 0.307 e. The zero-order valence-corrected chi connectivity index (χ0v) is 34.3. The summed E-state index contributed by atoms with van der Waals surface area (Å²) in [5.41, 5.74) is 5.18. The molecule has 2 heterocycles. The lowest BCUT2D eigenvalue weighted by Crippen LogP contribution is -2.41. The average molecular weight is 815 g/mol. The van der Waals surface area contributed by atoms with Crippen molar-refractivity contribution in [3.05, 3.63) is 108 Å². The highest BCUT2D eigenvalue weighted by atomic mass is 32.2. The summed E-state index contributed by atoms with van der Waals surface area (Å²) in [6, 6.07) is 24.5. The van der Waals surface area contributed by atoms with Crippen molar-refractivity contribution in [3.63, 3.8) is 0 Å². The van der Waals surface area contributed by atoms with Gasteiger partial charge in [0.1, 0.15) is 0 Å². The third-order valence-electron chi connectivity index (χ3n) is 11.7. The average Bonchev–Trinajstić information content (AvgIpc) is 3.79. The van der Waals surface area contributed by atoms with Crippen molar-refractivity contribution < 1.29 is 33.6 Å². The number of nitrogens with zero attached hydrogens (tertiary/aromatic N) is 3. The number of aryl methyl sites for hydroxylation is 1. The number of allylic oxidation sites excluding steroid dienone is 2. The standard InChI is InChI=1S/C45H61N5O7S/c1-32(57-45(54)17-8-3-2-7-16-40-41(44(53)27-43(40)52)22-21-39(51)20-18-33-11-5-4-6-12-33)50(58(55)56)30-35-14-9-13-34(25-35)29-49-24-10-15-38(31-49)47-37-19-23-42-36(26-37)28-46-48-42/h2,4-7,9,11-14,19,23,25-26,28,32,38-41,43-44,47,51-53H,3,8,10,15-18,20-22,24,27,29-31H2,1H3,(H,46,48)(H,55,56)/p-1/t32?,38-,39-,40+,41+,43+,44+/m0/s1. The fourth-order valence-electron chi connectivity index (χ4n) is 8.61. The molecule has 314 valence electrons. The molecule has 0 amide bonds. The van der Waals surface area contributed by atoms with Crippen LogP contribution in [0.3, 0.4) is 0 Å².